The number of methoxy groups -OCH3 is 1. The molecule has 1 aromatic rings. The van der Waals surface area contributed by atoms with E-state index in [1.807, 2.05) is 14.1 Å². The third kappa shape index (κ3) is 2.27. The second kappa shape index (κ2) is 5.30. The number of hydrogen-bond donors (Lipinski definition) is 2. The minimum Gasteiger partial charge on any atom is -0.383 e. The van der Waals surface area contributed by atoms with Crippen molar-refractivity contribution >= 4 is 18.7 Å². The molecule has 5 nitrogen and oxygen atoms in total. The van der Waals surface area contributed by atoms with Gasteiger partial charge in [-0.15, -0.1) is 0 Å². The molecule has 6 heteroatoms. The zero-order valence-corrected chi connectivity index (χ0v) is 8.29. The zero-order valence-electron chi connectivity index (χ0n) is 8.29. The van der Waals surface area contributed by atoms with Crippen LogP contribution in [0.2, 0.25) is 6.82 Å². The van der Waals surface area contributed by atoms with Crippen molar-refractivity contribution in [2.24, 2.45) is 0 Å². The molecule has 0 amide bonds. The van der Waals surface area contributed by atoms with Crippen LogP contribution in [-0.4, -0.2) is 37.7 Å². The number of aromatic nitrogens is 2. The van der Waals surface area contributed by atoms with Crippen LogP contribution in [0.15, 0.2) is 0 Å². The molecule has 0 aromatic carbocycles. The Morgan fingerprint density at radius 3 is 3.07 bits per heavy atom. The van der Waals surface area contributed by atoms with E-state index in [4.69, 9.17) is 10.00 Å². The number of nitrogens with zero attached hydrogens (tertiary/aromatic N) is 2. The van der Waals surface area contributed by atoms with Gasteiger partial charge in [0, 0.05) is 19.2 Å². The van der Waals surface area contributed by atoms with Gasteiger partial charge in [0.05, 0.1) is 6.61 Å². The number of aromatic amines is 1. The largest absolute Gasteiger partial charge is 0.383 e. The predicted octanol–water partition coefficient (Wildman–Crippen LogP) is -0.283. The SMILES string of the molecule is C[B]c1[nH]nc(NCCOC)c1C#N. The maximum absolute atomic E-state index is 8.87. The van der Waals surface area contributed by atoms with Gasteiger partial charge < -0.3 is 10.1 Å². The molecule has 0 atom stereocenters. The lowest BCUT2D eigenvalue weighted by atomic mass is 9.76. The molecule has 0 fully saturated rings. The summed E-state index contributed by atoms with van der Waals surface area (Å²) in [5, 5.41) is 18.6. The first-order chi connectivity index (χ1) is 6.83. The van der Waals surface area contributed by atoms with Gasteiger partial charge in [0.15, 0.2) is 13.1 Å². The molecule has 0 spiro atoms. The highest BCUT2D eigenvalue weighted by Crippen LogP contribution is 2.06. The molecule has 1 heterocycles. The molecule has 0 aliphatic carbocycles. The van der Waals surface area contributed by atoms with Crippen molar-refractivity contribution in [3.63, 3.8) is 0 Å². The highest BCUT2D eigenvalue weighted by atomic mass is 16.5. The van der Waals surface area contributed by atoms with E-state index in [2.05, 4.69) is 21.6 Å². The lowest BCUT2D eigenvalue weighted by Gasteiger charge is -2.01. The van der Waals surface area contributed by atoms with Gasteiger partial charge in [-0.3, -0.25) is 5.10 Å². The van der Waals surface area contributed by atoms with Crippen LogP contribution in [0, 0.1) is 11.3 Å². The molecule has 1 rings (SSSR count). The Balaban J connectivity index is 2.68. The summed E-state index contributed by atoms with van der Waals surface area (Å²) in [6.45, 7) is 3.08. The molecular formula is C8H12BN4O. The summed E-state index contributed by atoms with van der Waals surface area (Å²) in [6, 6.07) is 2.09. The molecule has 14 heavy (non-hydrogen) atoms. The van der Waals surface area contributed by atoms with Crippen molar-refractivity contribution in [3.05, 3.63) is 5.56 Å². The normalized spacial score (nSPS) is 9.50. The van der Waals surface area contributed by atoms with Crippen molar-refractivity contribution in [2.45, 2.75) is 6.82 Å². The van der Waals surface area contributed by atoms with E-state index in [-0.39, 0.29) is 0 Å². The summed E-state index contributed by atoms with van der Waals surface area (Å²) < 4.78 is 4.88. The summed E-state index contributed by atoms with van der Waals surface area (Å²) in [7, 11) is 3.44. The Hall–Kier alpha value is -1.48. The topological polar surface area (TPSA) is 73.7 Å². The van der Waals surface area contributed by atoms with E-state index in [1.165, 1.54) is 0 Å². The molecule has 0 saturated heterocycles. The number of rotatable bonds is 5. The van der Waals surface area contributed by atoms with Crippen LogP contribution in [-0.2, 0) is 4.74 Å². The first-order valence-electron chi connectivity index (χ1n) is 4.34. The van der Waals surface area contributed by atoms with E-state index >= 15 is 0 Å². The number of H-pyrrole nitrogens is 1. The lowest BCUT2D eigenvalue weighted by Crippen LogP contribution is -2.16. The second-order valence-electron chi connectivity index (χ2n) is 2.68. The highest BCUT2D eigenvalue weighted by Gasteiger charge is 2.10. The molecule has 2 N–H and O–H groups in total. The predicted molar refractivity (Wildman–Crippen MR) is 54.9 cm³/mol. The third-order valence-corrected chi connectivity index (χ3v) is 1.79. The minimum atomic E-state index is 0.545. The van der Waals surface area contributed by atoms with Crippen LogP contribution in [0.3, 0.4) is 0 Å². The quantitative estimate of drug-likeness (QED) is 0.495. The Morgan fingerprint density at radius 1 is 1.71 bits per heavy atom. The molecule has 1 aromatic heterocycles. The number of nitriles is 1. The van der Waals surface area contributed by atoms with Crippen molar-refractivity contribution in [3.8, 4) is 6.07 Å². The molecule has 73 valence electrons. The fourth-order valence-corrected chi connectivity index (χ4v) is 1.08. The first kappa shape index (κ1) is 10.6. The van der Waals surface area contributed by atoms with Crippen molar-refractivity contribution < 1.29 is 4.74 Å². The summed E-state index contributed by atoms with van der Waals surface area (Å²) in [6.07, 6.45) is 0. The van der Waals surface area contributed by atoms with Crippen LogP contribution in [0.4, 0.5) is 5.82 Å². The van der Waals surface area contributed by atoms with Gasteiger partial charge in [0.1, 0.15) is 11.6 Å². The van der Waals surface area contributed by atoms with E-state index in [1.54, 1.807) is 7.11 Å². The maximum Gasteiger partial charge on any atom is 0.175 e. The van der Waals surface area contributed by atoms with Gasteiger partial charge in [-0.05, 0) is 0 Å². The standard InChI is InChI=1S/C8H12BN4O/c1-9-7-6(5-10)8(13-12-7)11-3-4-14-2/h3-4H2,1-2H3,(H2,11,12,13). The summed E-state index contributed by atoms with van der Waals surface area (Å²) in [5.41, 5.74) is 1.29. The monoisotopic (exact) mass is 191 g/mol. The minimum absolute atomic E-state index is 0.545. The van der Waals surface area contributed by atoms with Crippen LogP contribution in [0.1, 0.15) is 5.56 Å². The number of hydrogen-bond acceptors (Lipinski definition) is 4. The van der Waals surface area contributed by atoms with Crippen LogP contribution in [0.5, 0.6) is 0 Å². The van der Waals surface area contributed by atoms with E-state index in [0.717, 1.165) is 5.59 Å². The second-order valence-corrected chi connectivity index (χ2v) is 2.68. The van der Waals surface area contributed by atoms with Crippen molar-refractivity contribution in [1.82, 2.24) is 10.2 Å². The molecule has 0 unspecified atom stereocenters. The van der Waals surface area contributed by atoms with Gasteiger partial charge in [-0.1, -0.05) is 6.82 Å². The number of anilines is 1. The molecule has 0 bridgehead atoms. The van der Waals surface area contributed by atoms with Gasteiger partial charge >= 0.3 is 0 Å². The van der Waals surface area contributed by atoms with Crippen molar-refractivity contribution in [1.29, 1.82) is 5.26 Å². The molecular weight excluding hydrogens is 179 g/mol. The first-order valence-corrected chi connectivity index (χ1v) is 4.34. The van der Waals surface area contributed by atoms with E-state index in [0.29, 0.717) is 24.5 Å². The summed E-state index contributed by atoms with van der Waals surface area (Å²) >= 11 is 0. The summed E-state index contributed by atoms with van der Waals surface area (Å²) in [4.78, 5) is 0. The Bertz CT molecular complexity index is 331. The van der Waals surface area contributed by atoms with Crippen LogP contribution < -0.4 is 10.9 Å². The zero-order chi connectivity index (χ0) is 10.4. The van der Waals surface area contributed by atoms with Gasteiger partial charge in [0.25, 0.3) is 0 Å². The number of ether oxygens (including phenoxy) is 1. The molecule has 0 aliphatic rings. The molecule has 0 saturated carbocycles. The van der Waals surface area contributed by atoms with Crippen LogP contribution in [0.25, 0.3) is 0 Å². The third-order valence-electron chi connectivity index (χ3n) is 1.79. The average molecular weight is 191 g/mol. The molecule has 0 aliphatic heterocycles. The fourth-order valence-electron chi connectivity index (χ4n) is 1.08. The Kier molecular flexibility index (Phi) is 4.01. The Labute approximate surface area is 83.7 Å². The Morgan fingerprint density at radius 2 is 2.50 bits per heavy atom. The van der Waals surface area contributed by atoms with Gasteiger partial charge in [-0.25, -0.2) is 0 Å². The average Bonchev–Trinajstić information content (AvgIpc) is 2.60. The summed E-state index contributed by atoms with van der Waals surface area (Å²) in [5.74, 6) is 0.581. The fraction of sp³-hybridized carbons (Fsp3) is 0.500. The maximum atomic E-state index is 8.87. The van der Waals surface area contributed by atoms with Gasteiger partial charge in [0.2, 0.25) is 0 Å². The lowest BCUT2D eigenvalue weighted by molar-refractivity contribution is 0.210. The van der Waals surface area contributed by atoms with Crippen molar-refractivity contribution in [2.75, 3.05) is 25.6 Å². The van der Waals surface area contributed by atoms with E-state index < -0.39 is 0 Å². The van der Waals surface area contributed by atoms with E-state index in [9.17, 15) is 0 Å². The highest BCUT2D eigenvalue weighted by molar-refractivity contribution is 6.51. The smallest absolute Gasteiger partial charge is 0.175 e. The van der Waals surface area contributed by atoms with Crippen LogP contribution >= 0.6 is 0 Å². The van der Waals surface area contributed by atoms with Gasteiger partial charge in [-0.2, -0.15) is 10.4 Å². The molecule has 1 radical (unpaired) electrons. The number of nitrogens with one attached hydrogen (secondary N) is 2.